The molecule has 0 saturated heterocycles. The molecular weight excluding hydrogens is 341 g/mol. The number of hydrogen-bond donors (Lipinski definition) is 0. The third-order valence-corrected chi connectivity index (χ3v) is 4.39. The minimum atomic E-state index is 0. The van der Waals surface area contributed by atoms with E-state index in [4.69, 9.17) is 16.3 Å². The fourth-order valence-corrected chi connectivity index (χ4v) is 3.21. The standard InChI is InChI=1S/C20H22ClNO.ClH/c1-22(2)14-16-11-12-23-20-6-4-3-5-18(20)19(16)13-15-7-9-17(21)10-8-15;/h3-10,13,16H,11-12,14H2,1-2H3;1H/b19-13+;. The lowest BCUT2D eigenvalue weighted by Gasteiger charge is -2.22. The molecule has 2 aromatic rings. The minimum Gasteiger partial charge on any atom is -0.493 e. The number of hydrogen-bond acceptors (Lipinski definition) is 2. The molecule has 3 rings (SSSR count). The van der Waals surface area contributed by atoms with E-state index in [1.165, 1.54) is 16.7 Å². The van der Waals surface area contributed by atoms with Crippen molar-refractivity contribution in [3.05, 3.63) is 64.7 Å². The maximum absolute atomic E-state index is 6.01. The van der Waals surface area contributed by atoms with Gasteiger partial charge in [-0.25, -0.2) is 0 Å². The van der Waals surface area contributed by atoms with Gasteiger partial charge in [0.25, 0.3) is 0 Å². The summed E-state index contributed by atoms with van der Waals surface area (Å²) in [7, 11) is 4.25. The number of fused-ring (bicyclic) bond motifs is 1. The van der Waals surface area contributed by atoms with Gasteiger partial charge in [-0.15, -0.1) is 12.4 Å². The second kappa shape index (κ2) is 8.57. The quantitative estimate of drug-likeness (QED) is 0.736. The molecule has 1 atom stereocenters. The van der Waals surface area contributed by atoms with E-state index in [1.807, 2.05) is 18.2 Å². The molecule has 2 nitrogen and oxygen atoms in total. The van der Waals surface area contributed by atoms with Gasteiger partial charge in [0.05, 0.1) is 6.61 Å². The van der Waals surface area contributed by atoms with Crippen LogP contribution in [0.15, 0.2) is 48.5 Å². The largest absolute Gasteiger partial charge is 0.493 e. The number of benzene rings is 2. The van der Waals surface area contributed by atoms with E-state index in [2.05, 4.69) is 55.4 Å². The molecule has 0 radical (unpaired) electrons. The Bertz CT molecular complexity index is 695. The van der Waals surface area contributed by atoms with Gasteiger partial charge in [0.2, 0.25) is 0 Å². The van der Waals surface area contributed by atoms with Gasteiger partial charge in [-0.05, 0) is 49.9 Å². The number of nitrogens with zero attached hydrogens (tertiary/aromatic N) is 1. The first kappa shape index (κ1) is 18.9. The zero-order valence-electron chi connectivity index (χ0n) is 14.0. The smallest absolute Gasteiger partial charge is 0.126 e. The summed E-state index contributed by atoms with van der Waals surface area (Å²) in [5.41, 5.74) is 3.71. The minimum absolute atomic E-state index is 0. The Morgan fingerprint density at radius 2 is 1.83 bits per heavy atom. The summed E-state index contributed by atoms with van der Waals surface area (Å²) in [4.78, 5) is 2.24. The first-order valence-electron chi connectivity index (χ1n) is 7.97. The summed E-state index contributed by atoms with van der Waals surface area (Å²) < 4.78 is 5.97. The van der Waals surface area contributed by atoms with Crippen molar-refractivity contribution in [3.8, 4) is 5.75 Å². The van der Waals surface area contributed by atoms with Crippen LogP contribution in [0.1, 0.15) is 17.5 Å². The van der Waals surface area contributed by atoms with E-state index in [1.54, 1.807) is 0 Å². The van der Waals surface area contributed by atoms with Crippen molar-refractivity contribution < 1.29 is 4.74 Å². The van der Waals surface area contributed by atoms with Crippen LogP contribution in [0.5, 0.6) is 5.75 Å². The van der Waals surface area contributed by atoms with E-state index in [-0.39, 0.29) is 12.4 Å². The molecular formula is C20H23Cl2NO. The normalized spacial score (nSPS) is 18.5. The fourth-order valence-electron chi connectivity index (χ4n) is 3.08. The van der Waals surface area contributed by atoms with E-state index >= 15 is 0 Å². The summed E-state index contributed by atoms with van der Waals surface area (Å²) >= 11 is 6.01. The van der Waals surface area contributed by atoms with Crippen molar-refractivity contribution >= 4 is 35.7 Å². The summed E-state index contributed by atoms with van der Waals surface area (Å²) in [6, 6.07) is 16.3. The second-order valence-corrected chi connectivity index (χ2v) is 6.68. The number of halogens is 2. The van der Waals surface area contributed by atoms with Crippen molar-refractivity contribution in [1.29, 1.82) is 0 Å². The predicted octanol–water partition coefficient (Wildman–Crippen LogP) is 5.26. The van der Waals surface area contributed by atoms with E-state index in [9.17, 15) is 0 Å². The summed E-state index contributed by atoms with van der Waals surface area (Å²) in [6.45, 7) is 1.77. The number of para-hydroxylation sites is 1. The van der Waals surface area contributed by atoms with Crippen LogP contribution in [0.4, 0.5) is 0 Å². The van der Waals surface area contributed by atoms with Crippen LogP contribution in [-0.4, -0.2) is 32.1 Å². The van der Waals surface area contributed by atoms with Crippen molar-refractivity contribution in [1.82, 2.24) is 4.90 Å². The summed E-state index contributed by atoms with van der Waals surface area (Å²) in [5.74, 6) is 1.43. The van der Waals surface area contributed by atoms with Gasteiger partial charge in [0.15, 0.2) is 0 Å². The number of ether oxygens (including phenoxy) is 1. The van der Waals surface area contributed by atoms with Crippen LogP contribution in [0.2, 0.25) is 5.02 Å². The highest BCUT2D eigenvalue weighted by molar-refractivity contribution is 6.30. The molecule has 2 aromatic carbocycles. The van der Waals surface area contributed by atoms with Gasteiger partial charge >= 0.3 is 0 Å². The van der Waals surface area contributed by atoms with Crippen molar-refractivity contribution in [2.45, 2.75) is 6.42 Å². The Morgan fingerprint density at radius 1 is 1.12 bits per heavy atom. The summed E-state index contributed by atoms with van der Waals surface area (Å²) in [6.07, 6.45) is 3.30. The predicted molar refractivity (Wildman–Crippen MR) is 105 cm³/mol. The van der Waals surface area contributed by atoms with E-state index in [0.29, 0.717) is 5.92 Å². The highest BCUT2D eigenvalue weighted by Gasteiger charge is 2.23. The van der Waals surface area contributed by atoms with Gasteiger partial charge < -0.3 is 9.64 Å². The van der Waals surface area contributed by atoms with Gasteiger partial charge in [-0.2, -0.15) is 0 Å². The van der Waals surface area contributed by atoms with Gasteiger partial charge in [0.1, 0.15) is 5.75 Å². The lowest BCUT2D eigenvalue weighted by molar-refractivity contribution is 0.279. The second-order valence-electron chi connectivity index (χ2n) is 6.24. The first-order chi connectivity index (χ1) is 11.1. The third kappa shape index (κ3) is 4.54. The lowest BCUT2D eigenvalue weighted by atomic mass is 9.88. The molecule has 128 valence electrons. The Kier molecular flexibility index (Phi) is 6.73. The maximum atomic E-state index is 6.01. The monoisotopic (exact) mass is 363 g/mol. The van der Waals surface area contributed by atoms with Gasteiger partial charge in [-0.1, -0.05) is 48.0 Å². The lowest BCUT2D eigenvalue weighted by Crippen LogP contribution is -2.23. The maximum Gasteiger partial charge on any atom is 0.126 e. The molecule has 1 unspecified atom stereocenters. The zero-order chi connectivity index (χ0) is 16.2. The SMILES string of the molecule is CN(C)CC1CCOc2ccccc2/C1=C/c1ccc(Cl)cc1.Cl. The van der Waals surface area contributed by atoms with Gasteiger partial charge in [0, 0.05) is 23.0 Å². The molecule has 0 aromatic heterocycles. The van der Waals surface area contributed by atoms with Crippen LogP contribution in [0.3, 0.4) is 0 Å². The average Bonchev–Trinajstić information content (AvgIpc) is 2.69. The van der Waals surface area contributed by atoms with Crippen LogP contribution in [0, 0.1) is 5.92 Å². The van der Waals surface area contributed by atoms with Crippen LogP contribution in [0.25, 0.3) is 11.6 Å². The molecule has 0 spiro atoms. The molecule has 4 heteroatoms. The highest BCUT2D eigenvalue weighted by Crippen LogP contribution is 2.37. The molecule has 24 heavy (non-hydrogen) atoms. The fraction of sp³-hybridized carbons (Fsp3) is 0.300. The average molecular weight is 364 g/mol. The zero-order valence-corrected chi connectivity index (χ0v) is 15.6. The Labute approximate surface area is 155 Å². The van der Waals surface area contributed by atoms with Crippen LogP contribution < -0.4 is 4.74 Å². The van der Waals surface area contributed by atoms with E-state index < -0.39 is 0 Å². The number of rotatable bonds is 3. The molecule has 1 aliphatic rings. The molecule has 0 N–H and O–H groups in total. The Balaban J connectivity index is 0.00000208. The van der Waals surface area contributed by atoms with E-state index in [0.717, 1.165) is 30.3 Å². The summed E-state index contributed by atoms with van der Waals surface area (Å²) in [5, 5.41) is 0.765. The van der Waals surface area contributed by atoms with Crippen LogP contribution >= 0.6 is 24.0 Å². The van der Waals surface area contributed by atoms with Crippen LogP contribution in [-0.2, 0) is 0 Å². The topological polar surface area (TPSA) is 12.5 Å². The Morgan fingerprint density at radius 3 is 2.54 bits per heavy atom. The molecule has 1 heterocycles. The Hall–Kier alpha value is -1.48. The highest BCUT2D eigenvalue weighted by atomic mass is 35.5. The molecule has 0 aliphatic carbocycles. The van der Waals surface area contributed by atoms with Gasteiger partial charge in [-0.3, -0.25) is 0 Å². The molecule has 1 aliphatic heterocycles. The molecule has 0 saturated carbocycles. The molecule has 0 fully saturated rings. The molecule has 0 amide bonds. The molecule has 0 bridgehead atoms. The van der Waals surface area contributed by atoms with Crippen molar-refractivity contribution in [2.24, 2.45) is 5.92 Å². The van der Waals surface area contributed by atoms with Crippen molar-refractivity contribution in [2.75, 3.05) is 27.2 Å². The van der Waals surface area contributed by atoms with Crippen molar-refractivity contribution in [3.63, 3.8) is 0 Å². The third-order valence-electron chi connectivity index (χ3n) is 4.14. The first-order valence-corrected chi connectivity index (χ1v) is 8.35.